The van der Waals surface area contributed by atoms with Crippen LogP contribution in [0.5, 0.6) is 0 Å². The number of thioether (sulfide) groups is 1. The molecule has 3 rings (SSSR count). The van der Waals surface area contributed by atoms with Crippen LogP contribution >= 0.6 is 11.8 Å². The number of hydrogen-bond donors (Lipinski definition) is 0. The van der Waals surface area contributed by atoms with Crippen LogP contribution in [0.15, 0.2) is 58.3 Å². The van der Waals surface area contributed by atoms with Crippen LogP contribution in [-0.2, 0) is 10.8 Å². The Morgan fingerprint density at radius 1 is 0.826 bits per heavy atom. The van der Waals surface area contributed by atoms with Crippen LogP contribution < -0.4 is 0 Å². The zero-order valence-corrected chi connectivity index (χ0v) is 14.3. The van der Waals surface area contributed by atoms with Gasteiger partial charge in [-0.3, -0.25) is 4.21 Å². The molecule has 1 aliphatic rings. The van der Waals surface area contributed by atoms with Crippen LogP contribution in [0.4, 0.5) is 8.78 Å². The van der Waals surface area contributed by atoms with E-state index in [1.807, 2.05) is 0 Å². The largest absolute Gasteiger partial charge is 0.253 e. The van der Waals surface area contributed by atoms with Crippen molar-refractivity contribution in [3.05, 3.63) is 60.2 Å². The molecule has 0 spiro atoms. The summed E-state index contributed by atoms with van der Waals surface area (Å²) in [6.07, 6.45) is 4.90. The van der Waals surface area contributed by atoms with Crippen LogP contribution in [-0.4, -0.2) is 8.29 Å². The molecule has 5 heteroatoms. The lowest BCUT2D eigenvalue weighted by molar-refractivity contribution is 0.479. The van der Waals surface area contributed by atoms with E-state index >= 15 is 0 Å². The smallest absolute Gasteiger partial charge is 0.123 e. The average molecular weight is 352 g/mol. The SMILES string of the molecule is O=S(c1ccc(F)cc1)C1(Sc2ccc(F)cc2)CCCCC1. The van der Waals surface area contributed by atoms with Crippen molar-refractivity contribution in [2.24, 2.45) is 0 Å². The minimum atomic E-state index is -1.24. The highest BCUT2D eigenvalue weighted by atomic mass is 32.2. The van der Waals surface area contributed by atoms with Gasteiger partial charge in [-0.25, -0.2) is 8.78 Å². The van der Waals surface area contributed by atoms with Gasteiger partial charge in [-0.1, -0.05) is 19.3 Å². The Labute approximate surface area is 142 Å². The summed E-state index contributed by atoms with van der Waals surface area (Å²) < 4.78 is 39.0. The van der Waals surface area contributed by atoms with E-state index in [0.29, 0.717) is 4.90 Å². The van der Waals surface area contributed by atoms with E-state index in [0.717, 1.165) is 37.0 Å². The van der Waals surface area contributed by atoms with Crippen molar-refractivity contribution in [1.82, 2.24) is 0 Å². The molecular weight excluding hydrogens is 334 g/mol. The van der Waals surface area contributed by atoms with Gasteiger partial charge < -0.3 is 0 Å². The topological polar surface area (TPSA) is 17.1 Å². The molecule has 1 fully saturated rings. The quantitative estimate of drug-likeness (QED) is 0.720. The van der Waals surface area contributed by atoms with Gasteiger partial charge in [-0.15, -0.1) is 11.8 Å². The second-order valence-corrected chi connectivity index (χ2v) is 9.26. The molecule has 0 aromatic heterocycles. The van der Waals surface area contributed by atoms with E-state index < -0.39 is 14.9 Å². The molecule has 0 amide bonds. The summed E-state index contributed by atoms with van der Waals surface area (Å²) in [4.78, 5) is 1.58. The van der Waals surface area contributed by atoms with Crippen LogP contribution in [0.2, 0.25) is 0 Å². The molecule has 1 aliphatic carbocycles. The lowest BCUT2D eigenvalue weighted by Crippen LogP contribution is -2.33. The Kier molecular flexibility index (Phi) is 5.17. The summed E-state index contributed by atoms with van der Waals surface area (Å²) >= 11 is 1.57. The molecule has 2 aromatic rings. The van der Waals surface area contributed by atoms with Crippen molar-refractivity contribution in [2.75, 3.05) is 0 Å². The molecule has 0 N–H and O–H groups in total. The predicted octanol–water partition coefficient (Wildman–Crippen LogP) is 5.53. The minimum Gasteiger partial charge on any atom is -0.253 e. The third-order valence-electron chi connectivity index (χ3n) is 4.10. The maximum atomic E-state index is 13.2. The van der Waals surface area contributed by atoms with Gasteiger partial charge in [-0.2, -0.15) is 0 Å². The Morgan fingerprint density at radius 2 is 1.35 bits per heavy atom. The van der Waals surface area contributed by atoms with E-state index in [1.54, 1.807) is 36.0 Å². The summed E-state index contributed by atoms with van der Waals surface area (Å²) in [5.41, 5.74) is 0. The molecular formula is C18H18F2OS2. The van der Waals surface area contributed by atoms with Crippen LogP contribution in [0, 0.1) is 11.6 Å². The molecule has 122 valence electrons. The molecule has 1 nitrogen and oxygen atoms in total. The van der Waals surface area contributed by atoms with Crippen molar-refractivity contribution in [3.8, 4) is 0 Å². The van der Waals surface area contributed by atoms with E-state index in [-0.39, 0.29) is 11.6 Å². The Hall–Kier alpha value is -1.20. The zero-order valence-electron chi connectivity index (χ0n) is 12.6. The van der Waals surface area contributed by atoms with Gasteiger partial charge in [0.15, 0.2) is 0 Å². The van der Waals surface area contributed by atoms with Gasteiger partial charge in [-0.05, 0) is 61.4 Å². The van der Waals surface area contributed by atoms with Gasteiger partial charge in [0.25, 0.3) is 0 Å². The number of halogens is 2. The number of rotatable bonds is 4. The number of benzene rings is 2. The molecule has 2 aromatic carbocycles. The van der Waals surface area contributed by atoms with Crippen molar-refractivity contribution < 1.29 is 13.0 Å². The zero-order chi connectivity index (χ0) is 16.3. The predicted molar refractivity (Wildman–Crippen MR) is 90.9 cm³/mol. The Balaban J connectivity index is 1.90. The summed E-state index contributed by atoms with van der Waals surface area (Å²) in [6, 6.07) is 12.2. The van der Waals surface area contributed by atoms with E-state index in [1.165, 1.54) is 24.3 Å². The molecule has 23 heavy (non-hydrogen) atoms. The van der Waals surface area contributed by atoms with Gasteiger partial charge in [0.1, 0.15) is 15.7 Å². The highest BCUT2D eigenvalue weighted by Crippen LogP contribution is 2.48. The van der Waals surface area contributed by atoms with Crippen molar-refractivity contribution >= 4 is 22.6 Å². The second kappa shape index (κ2) is 7.14. The van der Waals surface area contributed by atoms with E-state index in [2.05, 4.69) is 0 Å². The molecule has 1 atom stereocenters. The first-order valence-corrected chi connectivity index (χ1v) is 9.68. The first kappa shape index (κ1) is 16.7. The lowest BCUT2D eigenvalue weighted by Gasteiger charge is -2.35. The Morgan fingerprint density at radius 3 is 1.91 bits per heavy atom. The van der Waals surface area contributed by atoms with Crippen molar-refractivity contribution in [3.63, 3.8) is 0 Å². The molecule has 0 aliphatic heterocycles. The molecule has 1 unspecified atom stereocenters. The van der Waals surface area contributed by atoms with Gasteiger partial charge in [0, 0.05) is 9.79 Å². The fourth-order valence-electron chi connectivity index (χ4n) is 2.91. The first-order valence-electron chi connectivity index (χ1n) is 7.71. The monoisotopic (exact) mass is 352 g/mol. The van der Waals surface area contributed by atoms with Crippen LogP contribution in [0.3, 0.4) is 0 Å². The highest BCUT2D eigenvalue weighted by Gasteiger charge is 2.40. The summed E-state index contributed by atoms with van der Waals surface area (Å²) in [7, 11) is -1.24. The summed E-state index contributed by atoms with van der Waals surface area (Å²) in [5, 5.41) is 0. The van der Waals surface area contributed by atoms with Gasteiger partial charge in [0.2, 0.25) is 0 Å². The highest BCUT2D eigenvalue weighted by molar-refractivity contribution is 8.12. The fourth-order valence-corrected chi connectivity index (χ4v) is 6.45. The van der Waals surface area contributed by atoms with Gasteiger partial charge >= 0.3 is 0 Å². The van der Waals surface area contributed by atoms with E-state index in [4.69, 9.17) is 0 Å². The molecule has 0 saturated heterocycles. The Bertz CT molecular complexity index is 677. The minimum absolute atomic E-state index is 0.272. The van der Waals surface area contributed by atoms with E-state index in [9.17, 15) is 13.0 Å². The molecule has 1 saturated carbocycles. The standard InChI is InChI=1S/C18H18F2OS2/c19-14-4-8-16(9-5-14)22-18(12-2-1-3-13-18)23(21)17-10-6-15(20)7-11-17/h4-11H,1-3,12-13H2. The van der Waals surface area contributed by atoms with Crippen molar-refractivity contribution in [2.45, 2.75) is 46.0 Å². The average Bonchev–Trinajstić information content (AvgIpc) is 2.58. The fraction of sp³-hybridized carbons (Fsp3) is 0.333. The maximum Gasteiger partial charge on any atom is 0.123 e. The lowest BCUT2D eigenvalue weighted by atomic mass is 10.00. The second-order valence-electron chi connectivity index (χ2n) is 5.75. The normalized spacial score (nSPS) is 18.5. The summed E-state index contributed by atoms with van der Waals surface area (Å²) in [6.45, 7) is 0. The molecule has 0 heterocycles. The third kappa shape index (κ3) is 3.83. The first-order chi connectivity index (χ1) is 11.1. The maximum absolute atomic E-state index is 13.2. The molecule has 0 bridgehead atoms. The third-order valence-corrected chi connectivity index (χ3v) is 7.88. The number of hydrogen-bond acceptors (Lipinski definition) is 2. The van der Waals surface area contributed by atoms with Crippen LogP contribution in [0.25, 0.3) is 0 Å². The summed E-state index contributed by atoms with van der Waals surface area (Å²) in [5.74, 6) is -0.596. The van der Waals surface area contributed by atoms with Crippen molar-refractivity contribution in [1.29, 1.82) is 0 Å². The van der Waals surface area contributed by atoms with Crippen LogP contribution in [0.1, 0.15) is 32.1 Å². The van der Waals surface area contributed by atoms with Gasteiger partial charge in [0.05, 0.1) is 10.8 Å². The molecule has 0 radical (unpaired) electrons.